The first-order valence-electron chi connectivity index (χ1n) is 7.44. The van der Waals surface area contributed by atoms with Gasteiger partial charge in [-0.2, -0.15) is 0 Å². The summed E-state index contributed by atoms with van der Waals surface area (Å²) in [5.74, 6) is 0.605. The molecule has 0 aromatic carbocycles. The SMILES string of the molecule is CC(C)(C)NCc1sc(CCOCC(F)F)nc1C1CC1. The van der Waals surface area contributed by atoms with Crippen LogP contribution in [-0.2, 0) is 17.7 Å². The third-order valence-corrected chi connectivity index (χ3v) is 4.35. The number of aromatic nitrogens is 1. The lowest BCUT2D eigenvalue weighted by Gasteiger charge is -2.20. The molecule has 21 heavy (non-hydrogen) atoms. The summed E-state index contributed by atoms with van der Waals surface area (Å²) >= 11 is 1.69. The predicted octanol–water partition coefficient (Wildman–Crippen LogP) is 3.73. The monoisotopic (exact) mass is 318 g/mol. The summed E-state index contributed by atoms with van der Waals surface area (Å²) in [7, 11) is 0. The van der Waals surface area contributed by atoms with E-state index in [4.69, 9.17) is 9.72 Å². The van der Waals surface area contributed by atoms with E-state index in [9.17, 15) is 8.78 Å². The van der Waals surface area contributed by atoms with Crippen LogP contribution in [0.25, 0.3) is 0 Å². The maximum atomic E-state index is 12.0. The molecule has 1 aromatic heterocycles. The quantitative estimate of drug-likeness (QED) is 0.742. The number of ether oxygens (including phenoxy) is 1. The molecular weight excluding hydrogens is 294 g/mol. The molecule has 0 amide bonds. The van der Waals surface area contributed by atoms with Crippen molar-refractivity contribution in [2.45, 2.75) is 64.5 Å². The van der Waals surface area contributed by atoms with Gasteiger partial charge in [-0.15, -0.1) is 11.3 Å². The summed E-state index contributed by atoms with van der Waals surface area (Å²) in [6.45, 7) is 7.08. The topological polar surface area (TPSA) is 34.1 Å². The molecule has 1 fully saturated rings. The average Bonchev–Trinajstić information content (AvgIpc) is 3.13. The van der Waals surface area contributed by atoms with E-state index in [2.05, 4.69) is 26.1 Å². The Morgan fingerprint density at radius 3 is 2.67 bits per heavy atom. The maximum Gasteiger partial charge on any atom is 0.261 e. The first kappa shape index (κ1) is 16.8. The summed E-state index contributed by atoms with van der Waals surface area (Å²) in [6, 6.07) is 0. The Morgan fingerprint density at radius 1 is 1.38 bits per heavy atom. The average molecular weight is 318 g/mol. The standard InChI is InChI=1S/C15H24F2N2OS/c1-15(2,3)18-8-11-14(10-4-5-10)19-13(21-11)6-7-20-9-12(16)17/h10,12,18H,4-9H2,1-3H3. The van der Waals surface area contributed by atoms with Gasteiger partial charge in [0.25, 0.3) is 6.43 Å². The van der Waals surface area contributed by atoms with Gasteiger partial charge in [0.15, 0.2) is 0 Å². The number of halogens is 2. The van der Waals surface area contributed by atoms with E-state index in [0.29, 0.717) is 18.9 Å². The molecule has 0 unspecified atom stereocenters. The Balaban J connectivity index is 1.90. The zero-order chi connectivity index (χ0) is 15.5. The van der Waals surface area contributed by atoms with Crippen LogP contribution in [0, 0.1) is 0 Å². The first-order valence-corrected chi connectivity index (χ1v) is 8.26. The molecule has 0 atom stereocenters. The largest absolute Gasteiger partial charge is 0.375 e. The van der Waals surface area contributed by atoms with Crippen LogP contribution < -0.4 is 5.32 Å². The van der Waals surface area contributed by atoms with E-state index in [-0.39, 0.29) is 5.54 Å². The Bertz CT molecular complexity index is 453. The van der Waals surface area contributed by atoms with Gasteiger partial charge in [0.2, 0.25) is 0 Å². The van der Waals surface area contributed by atoms with Crippen LogP contribution in [0.5, 0.6) is 0 Å². The number of alkyl halides is 2. The van der Waals surface area contributed by atoms with Crippen molar-refractivity contribution < 1.29 is 13.5 Å². The fourth-order valence-electron chi connectivity index (χ4n) is 2.00. The van der Waals surface area contributed by atoms with Crippen molar-refractivity contribution in [1.29, 1.82) is 0 Å². The molecule has 0 saturated heterocycles. The second-order valence-corrected chi connectivity index (χ2v) is 7.68. The number of thiazole rings is 1. The zero-order valence-corrected chi connectivity index (χ0v) is 13.7. The van der Waals surface area contributed by atoms with Gasteiger partial charge in [-0.3, -0.25) is 0 Å². The van der Waals surface area contributed by atoms with Crippen molar-refractivity contribution in [2.24, 2.45) is 0 Å². The van der Waals surface area contributed by atoms with E-state index < -0.39 is 13.0 Å². The van der Waals surface area contributed by atoms with E-state index >= 15 is 0 Å². The van der Waals surface area contributed by atoms with Crippen molar-refractivity contribution in [2.75, 3.05) is 13.2 Å². The van der Waals surface area contributed by atoms with Crippen molar-refractivity contribution >= 4 is 11.3 Å². The lowest BCUT2D eigenvalue weighted by Crippen LogP contribution is -2.35. The highest BCUT2D eigenvalue weighted by molar-refractivity contribution is 7.11. The molecule has 1 aliphatic rings. The van der Waals surface area contributed by atoms with Crippen LogP contribution in [0.3, 0.4) is 0 Å². The van der Waals surface area contributed by atoms with Gasteiger partial charge in [0.05, 0.1) is 17.3 Å². The third-order valence-electron chi connectivity index (χ3n) is 3.22. The van der Waals surface area contributed by atoms with Gasteiger partial charge in [-0.1, -0.05) is 0 Å². The van der Waals surface area contributed by atoms with Crippen molar-refractivity contribution in [3.8, 4) is 0 Å². The van der Waals surface area contributed by atoms with Crippen molar-refractivity contribution in [3.63, 3.8) is 0 Å². The third kappa shape index (κ3) is 5.96. The molecule has 0 bridgehead atoms. The van der Waals surface area contributed by atoms with Crippen molar-refractivity contribution in [1.82, 2.24) is 10.3 Å². The summed E-state index contributed by atoms with van der Waals surface area (Å²) in [5, 5.41) is 4.49. The van der Waals surface area contributed by atoms with Crippen LogP contribution >= 0.6 is 11.3 Å². The van der Waals surface area contributed by atoms with E-state index in [1.165, 1.54) is 23.4 Å². The predicted molar refractivity (Wildman–Crippen MR) is 81.2 cm³/mol. The molecule has 0 aliphatic heterocycles. The Morgan fingerprint density at radius 2 is 2.10 bits per heavy atom. The number of nitrogens with one attached hydrogen (secondary N) is 1. The number of hydrogen-bond acceptors (Lipinski definition) is 4. The minimum absolute atomic E-state index is 0.0748. The van der Waals surface area contributed by atoms with E-state index in [0.717, 1.165) is 11.6 Å². The fourth-order valence-corrected chi connectivity index (χ4v) is 3.08. The molecule has 1 N–H and O–H groups in total. The van der Waals surface area contributed by atoms with Gasteiger partial charge in [0, 0.05) is 29.3 Å². The second-order valence-electron chi connectivity index (χ2n) is 6.51. The smallest absolute Gasteiger partial charge is 0.261 e. The lowest BCUT2D eigenvalue weighted by molar-refractivity contribution is 0.0187. The summed E-state index contributed by atoms with van der Waals surface area (Å²) in [4.78, 5) is 5.99. The van der Waals surface area contributed by atoms with Crippen LogP contribution in [-0.4, -0.2) is 30.2 Å². The van der Waals surface area contributed by atoms with Crippen LogP contribution in [0.1, 0.15) is 55.1 Å². The van der Waals surface area contributed by atoms with Gasteiger partial charge >= 0.3 is 0 Å². The number of rotatable bonds is 8. The fraction of sp³-hybridized carbons (Fsp3) is 0.800. The van der Waals surface area contributed by atoms with Gasteiger partial charge < -0.3 is 10.1 Å². The highest BCUT2D eigenvalue weighted by Crippen LogP contribution is 2.42. The Labute approximate surface area is 129 Å². The molecule has 6 heteroatoms. The minimum atomic E-state index is -2.39. The van der Waals surface area contributed by atoms with Crippen LogP contribution in [0.15, 0.2) is 0 Å². The van der Waals surface area contributed by atoms with Crippen molar-refractivity contribution in [3.05, 3.63) is 15.6 Å². The van der Waals surface area contributed by atoms with E-state index in [1.54, 1.807) is 11.3 Å². The normalized spacial score (nSPS) is 15.9. The Hall–Kier alpha value is -0.590. The van der Waals surface area contributed by atoms with Gasteiger partial charge in [-0.25, -0.2) is 13.8 Å². The minimum Gasteiger partial charge on any atom is -0.375 e. The maximum absolute atomic E-state index is 12.0. The highest BCUT2D eigenvalue weighted by atomic mass is 32.1. The lowest BCUT2D eigenvalue weighted by atomic mass is 10.1. The Kier molecular flexibility index (Phi) is 5.68. The summed E-state index contributed by atoms with van der Waals surface area (Å²) in [5.41, 5.74) is 1.28. The van der Waals surface area contributed by atoms with Crippen LogP contribution in [0.2, 0.25) is 0 Å². The van der Waals surface area contributed by atoms with Gasteiger partial charge in [-0.05, 0) is 33.6 Å². The van der Waals surface area contributed by atoms with Gasteiger partial charge in [0.1, 0.15) is 6.61 Å². The number of hydrogen-bond donors (Lipinski definition) is 1. The molecular formula is C15H24F2N2OS. The molecule has 0 radical (unpaired) electrons. The molecule has 1 aliphatic carbocycles. The first-order chi connectivity index (χ1) is 9.85. The molecule has 0 spiro atoms. The molecule has 120 valence electrons. The molecule has 3 nitrogen and oxygen atoms in total. The molecule has 1 aromatic rings. The highest BCUT2D eigenvalue weighted by Gasteiger charge is 2.29. The molecule has 2 rings (SSSR count). The number of nitrogens with zero attached hydrogens (tertiary/aromatic N) is 1. The second kappa shape index (κ2) is 7.11. The van der Waals surface area contributed by atoms with E-state index in [1.807, 2.05) is 0 Å². The summed E-state index contributed by atoms with van der Waals surface area (Å²) < 4.78 is 29.0. The molecule has 1 heterocycles. The zero-order valence-electron chi connectivity index (χ0n) is 12.9. The molecule has 1 saturated carbocycles. The summed E-state index contributed by atoms with van der Waals surface area (Å²) in [6.07, 6.45) is 0.656. The van der Waals surface area contributed by atoms with Crippen LogP contribution in [0.4, 0.5) is 8.78 Å².